The molecule has 0 aromatic heterocycles. The summed E-state index contributed by atoms with van der Waals surface area (Å²) in [6.07, 6.45) is -1.48. The van der Waals surface area contributed by atoms with Gasteiger partial charge in [0.05, 0.1) is 0 Å². The minimum Gasteiger partial charge on any atom is -0.310 e. The van der Waals surface area contributed by atoms with Crippen LogP contribution in [0.3, 0.4) is 0 Å². The average Bonchev–Trinajstić information content (AvgIpc) is 2.46. The van der Waals surface area contributed by atoms with Crippen LogP contribution in [0, 0.1) is 0 Å². The number of benzene rings is 2. The summed E-state index contributed by atoms with van der Waals surface area (Å²) in [5, 5.41) is 3.37. The van der Waals surface area contributed by atoms with E-state index < -0.39 is 6.43 Å². The predicted molar refractivity (Wildman–Crippen MR) is 77.8 cm³/mol. The fourth-order valence-corrected chi connectivity index (χ4v) is 2.17. The highest BCUT2D eigenvalue weighted by molar-refractivity contribution is 5.24. The van der Waals surface area contributed by atoms with Crippen molar-refractivity contribution in [2.75, 3.05) is 0 Å². The highest BCUT2D eigenvalue weighted by atomic mass is 19.3. The summed E-state index contributed by atoms with van der Waals surface area (Å²) >= 11 is 0. The second-order valence-corrected chi connectivity index (χ2v) is 5.02. The molecule has 20 heavy (non-hydrogen) atoms. The molecule has 1 unspecified atom stereocenters. The van der Waals surface area contributed by atoms with Gasteiger partial charge in [-0.25, -0.2) is 8.78 Å². The number of nitrogens with one attached hydrogen (secondary N) is 1. The van der Waals surface area contributed by atoms with Crippen LogP contribution >= 0.6 is 0 Å². The van der Waals surface area contributed by atoms with E-state index in [1.165, 1.54) is 11.6 Å². The van der Waals surface area contributed by atoms with Gasteiger partial charge in [0.2, 0.25) is 0 Å². The van der Waals surface area contributed by atoms with Gasteiger partial charge in [-0.1, -0.05) is 48.5 Å². The number of halogens is 2. The molecule has 2 rings (SSSR count). The number of rotatable bonds is 6. The van der Waals surface area contributed by atoms with Gasteiger partial charge in [-0.2, -0.15) is 0 Å². The van der Waals surface area contributed by atoms with E-state index in [-0.39, 0.29) is 5.56 Å². The van der Waals surface area contributed by atoms with Crippen molar-refractivity contribution in [3.8, 4) is 0 Å². The molecule has 0 aliphatic rings. The van der Waals surface area contributed by atoms with Crippen LogP contribution in [0.5, 0.6) is 0 Å². The second kappa shape index (κ2) is 7.15. The van der Waals surface area contributed by atoms with Crippen LogP contribution in [-0.4, -0.2) is 6.04 Å². The van der Waals surface area contributed by atoms with Gasteiger partial charge in [-0.05, 0) is 30.5 Å². The molecule has 0 bridgehead atoms. The third-order valence-electron chi connectivity index (χ3n) is 3.24. The normalized spacial score (nSPS) is 12.6. The molecule has 0 radical (unpaired) electrons. The zero-order valence-corrected chi connectivity index (χ0v) is 11.5. The zero-order chi connectivity index (χ0) is 14.4. The maximum absolute atomic E-state index is 12.6. The molecule has 2 aromatic rings. The predicted octanol–water partition coefficient (Wildman–Crippen LogP) is 4.35. The smallest absolute Gasteiger partial charge is 0.263 e. The quantitative estimate of drug-likeness (QED) is 0.826. The van der Waals surface area contributed by atoms with E-state index >= 15 is 0 Å². The Hall–Kier alpha value is -1.74. The molecule has 1 atom stereocenters. The molecule has 0 spiro atoms. The Kier molecular flexibility index (Phi) is 5.24. The molecule has 0 amide bonds. The van der Waals surface area contributed by atoms with Gasteiger partial charge in [0, 0.05) is 18.2 Å². The van der Waals surface area contributed by atoms with Crippen LogP contribution in [-0.2, 0) is 13.0 Å². The maximum atomic E-state index is 12.6. The monoisotopic (exact) mass is 275 g/mol. The van der Waals surface area contributed by atoms with Crippen LogP contribution in [0.2, 0.25) is 0 Å². The first kappa shape index (κ1) is 14.7. The van der Waals surface area contributed by atoms with Crippen molar-refractivity contribution in [1.29, 1.82) is 0 Å². The molecular weight excluding hydrogens is 256 g/mol. The fraction of sp³-hybridized carbons (Fsp3) is 0.294. The Balaban J connectivity index is 1.87. The van der Waals surface area contributed by atoms with Crippen LogP contribution in [0.15, 0.2) is 54.6 Å². The van der Waals surface area contributed by atoms with E-state index in [2.05, 4.69) is 24.4 Å². The van der Waals surface area contributed by atoms with E-state index in [0.29, 0.717) is 12.6 Å². The molecule has 0 saturated carbocycles. The van der Waals surface area contributed by atoms with E-state index in [4.69, 9.17) is 0 Å². The summed E-state index contributed by atoms with van der Waals surface area (Å²) in [7, 11) is 0. The van der Waals surface area contributed by atoms with E-state index in [0.717, 1.165) is 12.0 Å². The molecule has 106 valence electrons. The summed E-state index contributed by atoms with van der Waals surface area (Å²) in [6.45, 7) is 2.71. The lowest BCUT2D eigenvalue weighted by Gasteiger charge is -2.14. The number of hydrogen-bond donors (Lipinski definition) is 1. The molecule has 0 fully saturated rings. The van der Waals surface area contributed by atoms with Gasteiger partial charge < -0.3 is 5.32 Å². The minimum absolute atomic E-state index is 0.0833. The van der Waals surface area contributed by atoms with Gasteiger partial charge in [0.1, 0.15) is 0 Å². The lowest BCUT2D eigenvalue weighted by atomic mass is 10.1. The largest absolute Gasteiger partial charge is 0.310 e. The Morgan fingerprint density at radius 3 is 2.35 bits per heavy atom. The van der Waals surface area contributed by atoms with Crippen molar-refractivity contribution in [2.45, 2.75) is 32.4 Å². The first-order valence-electron chi connectivity index (χ1n) is 6.79. The van der Waals surface area contributed by atoms with E-state index in [9.17, 15) is 8.78 Å². The lowest BCUT2D eigenvalue weighted by molar-refractivity contribution is 0.151. The first-order valence-corrected chi connectivity index (χ1v) is 6.79. The molecule has 0 saturated heterocycles. The van der Waals surface area contributed by atoms with Gasteiger partial charge in [-0.3, -0.25) is 0 Å². The summed E-state index contributed by atoms with van der Waals surface area (Å²) in [4.78, 5) is 0. The third kappa shape index (κ3) is 4.42. The van der Waals surface area contributed by atoms with Crippen LogP contribution in [0.4, 0.5) is 8.78 Å². The zero-order valence-electron chi connectivity index (χ0n) is 11.5. The molecule has 1 nitrogen and oxygen atoms in total. The van der Waals surface area contributed by atoms with Gasteiger partial charge >= 0.3 is 0 Å². The summed E-state index contributed by atoms with van der Waals surface area (Å²) < 4.78 is 25.2. The molecule has 3 heteroatoms. The molecule has 2 aromatic carbocycles. The molecule has 0 aliphatic heterocycles. The van der Waals surface area contributed by atoms with Crippen LogP contribution in [0.1, 0.15) is 30.0 Å². The Morgan fingerprint density at radius 1 is 0.950 bits per heavy atom. The van der Waals surface area contributed by atoms with Crippen molar-refractivity contribution < 1.29 is 8.78 Å². The minimum atomic E-state index is -2.41. The Labute approximate surface area is 118 Å². The van der Waals surface area contributed by atoms with E-state index in [1.807, 2.05) is 24.3 Å². The highest BCUT2D eigenvalue weighted by Gasteiger charge is 2.08. The SMILES string of the molecule is CC(Cc1ccccc1)NCc1cccc(C(F)F)c1. The average molecular weight is 275 g/mol. The second-order valence-electron chi connectivity index (χ2n) is 5.02. The number of hydrogen-bond acceptors (Lipinski definition) is 1. The van der Waals surface area contributed by atoms with Gasteiger partial charge in [0.15, 0.2) is 0 Å². The first-order chi connectivity index (χ1) is 9.65. The van der Waals surface area contributed by atoms with Crippen molar-refractivity contribution >= 4 is 0 Å². The lowest BCUT2D eigenvalue weighted by Crippen LogP contribution is -2.27. The van der Waals surface area contributed by atoms with Gasteiger partial charge in [0.25, 0.3) is 6.43 Å². The van der Waals surface area contributed by atoms with Gasteiger partial charge in [-0.15, -0.1) is 0 Å². The standard InChI is InChI=1S/C17H19F2N/c1-13(10-14-6-3-2-4-7-14)20-12-15-8-5-9-16(11-15)17(18)19/h2-9,11,13,17,20H,10,12H2,1H3. The molecule has 0 heterocycles. The highest BCUT2D eigenvalue weighted by Crippen LogP contribution is 2.19. The molecule has 1 N–H and O–H groups in total. The van der Waals surface area contributed by atoms with Crippen LogP contribution < -0.4 is 5.32 Å². The summed E-state index contributed by atoms with van der Waals surface area (Å²) in [5.41, 5.74) is 2.25. The Bertz CT molecular complexity index is 526. The summed E-state index contributed by atoms with van der Waals surface area (Å²) in [5.74, 6) is 0. The third-order valence-corrected chi connectivity index (χ3v) is 3.24. The topological polar surface area (TPSA) is 12.0 Å². The molecular formula is C17H19F2N. The summed E-state index contributed by atoms with van der Waals surface area (Å²) in [6, 6.07) is 17.1. The van der Waals surface area contributed by atoms with Crippen molar-refractivity contribution in [2.24, 2.45) is 0 Å². The van der Waals surface area contributed by atoms with Crippen molar-refractivity contribution in [3.05, 3.63) is 71.3 Å². The Morgan fingerprint density at radius 2 is 1.65 bits per heavy atom. The van der Waals surface area contributed by atoms with Crippen LogP contribution in [0.25, 0.3) is 0 Å². The van der Waals surface area contributed by atoms with Crippen molar-refractivity contribution in [1.82, 2.24) is 5.32 Å². The fourth-order valence-electron chi connectivity index (χ4n) is 2.17. The van der Waals surface area contributed by atoms with Crippen molar-refractivity contribution in [3.63, 3.8) is 0 Å². The maximum Gasteiger partial charge on any atom is 0.263 e. The number of alkyl halides is 2. The molecule has 0 aliphatic carbocycles. The van der Waals surface area contributed by atoms with E-state index in [1.54, 1.807) is 12.1 Å².